The van der Waals surface area contributed by atoms with Crippen LogP contribution < -0.4 is 4.90 Å². The number of piperazine rings is 1. The van der Waals surface area contributed by atoms with Gasteiger partial charge in [-0.05, 0) is 18.2 Å². The fraction of sp³-hybridized carbons (Fsp3) is 0.150. The number of aromatic nitrogens is 2. The number of anilines is 1. The van der Waals surface area contributed by atoms with Crippen LogP contribution in [0.3, 0.4) is 0 Å². The van der Waals surface area contributed by atoms with Gasteiger partial charge in [0, 0.05) is 29.4 Å². The third kappa shape index (κ3) is 3.44. The highest BCUT2D eigenvalue weighted by atomic mass is 35.5. The molecule has 7 heteroatoms. The number of carbonyl (C=O) groups excluding carboxylic acids is 2. The zero-order chi connectivity index (χ0) is 18.8. The molecule has 2 amide bonds. The Hall–Kier alpha value is -3.12. The van der Waals surface area contributed by atoms with Gasteiger partial charge in [-0.15, -0.1) is 0 Å². The van der Waals surface area contributed by atoms with Crippen molar-refractivity contribution in [3.05, 3.63) is 71.4 Å². The predicted octanol–water partition coefficient (Wildman–Crippen LogP) is 3.22. The van der Waals surface area contributed by atoms with E-state index in [0.717, 1.165) is 11.3 Å². The van der Waals surface area contributed by atoms with Gasteiger partial charge in [0.15, 0.2) is 0 Å². The van der Waals surface area contributed by atoms with Gasteiger partial charge in [0.05, 0.1) is 17.5 Å². The average Bonchev–Trinajstić information content (AvgIpc) is 3.18. The summed E-state index contributed by atoms with van der Waals surface area (Å²) in [6.45, 7) is 0.880. The largest absolute Gasteiger partial charge is 0.327 e. The summed E-state index contributed by atoms with van der Waals surface area (Å²) in [5.41, 5.74) is 2.74. The molecule has 3 aromatic rings. The van der Waals surface area contributed by atoms with Crippen molar-refractivity contribution in [1.82, 2.24) is 15.1 Å². The maximum atomic E-state index is 13.0. The SMILES string of the molecule is O=C(c1cn[nH]c1-c1ccccc1)N1CCN(c2cccc(Cl)c2)C(=O)C1. The fourth-order valence-corrected chi connectivity index (χ4v) is 3.39. The maximum Gasteiger partial charge on any atom is 0.258 e. The van der Waals surface area contributed by atoms with Crippen molar-refractivity contribution in [2.24, 2.45) is 0 Å². The monoisotopic (exact) mass is 380 g/mol. The van der Waals surface area contributed by atoms with E-state index in [9.17, 15) is 9.59 Å². The third-order valence-electron chi connectivity index (χ3n) is 4.56. The van der Waals surface area contributed by atoms with Crippen molar-refractivity contribution in [1.29, 1.82) is 0 Å². The number of amides is 2. The number of hydrogen-bond acceptors (Lipinski definition) is 3. The molecule has 1 aromatic heterocycles. The molecule has 0 bridgehead atoms. The minimum Gasteiger partial charge on any atom is -0.327 e. The van der Waals surface area contributed by atoms with Crippen molar-refractivity contribution >= 4 is 29.1 Å². The van der Waals surface area contributed by atoms with Crippen molar-refractivity contribution in [2.75, 3.05) is 24.5 Å². The van der Waals surface area contributed by atoms with E-state index in [1.165, 1.54) is 6.20 Å². The van der Waals surface area contributed by atoms with Crippen LogP contribution >= 0.6 is 11.6 Å². The van der Waals surface area contributed by atoms with E-state index in [2.05, 4.69) is 10.2 Å². The summed E-state index contributed by atoms with van der Waals surface area (Å²) in [5, 5.41) is 7.48. The first-order valence-corrected chi connectivity index (χ1v) is 8.95. The molecule has 136 valence electrons. The summed E-state index contributed by atoms with van der Waals surface area (Å²) >= 11 is 6.02. The number of nitrogens with zero attached hydrogens (tertiary/aromatic N) is 3. The van der Waals surface area contributed by atoms with Gasteiger partial charge >= 0.3 is 0 Å². The first kappa shape index (κ1) is 17.3. The minimum atomic E-state index is -0.207. The first-order valence-electron chi connectivity index (χ1n) is 8.57. The summed E-state index contributed by atoms with van der Waals surface area (Å²) in [7, 11) is 0. The zero-order valence-electron chi connectivity index (χ0n) is 14.4. The number of nitrogens with one attached hydrogen (secondary N) is 1. The van der Waals surface area contributed by atoms with Gasteiger partial charge < -0.3 is 9.80 Å². The van der Waals surface area contributed by atoms with Gasteiger partial charge in [0.2, 0.25) is 5.91 Å². The molecule has 0 atom stereocenters. The maximum absolute atomic E-state index is 13.0. The Morgan fingerprint density at radius 2 is 1.89 bits per heavy atom. The molecule has 0 unspecified atom stereocenters. The highest BCUT2D eigenvalue weighted by Crippen LogP contribution is 2.24. The van der Waals surface area contributed by atoms with Crippen LogP contribution in [-0.2, 0) is 4.79 Å². The average molecular weight is 381 g/mol. The zero-order valence-corrected chi connectivity index (χ0v) is 15.2. The van der Waals surface area contributed by atoms with Crippen molar-refractivity contribution in [3.8, 4) is 11.3 Å². The summed E-state index contributed by atoms with van der Waals surface area (Å²) in [6, 6.07) is 16.7. The molecular weight excluding hydrogens is 364 g/mol. The second kappa shape index (κ2) is 7.25. The minimum absolute atomic E-state index is 0.0186. The van der Waals surface area contributed by atoms with Crippen LogP contribution in [0.4, 0.5) is 5.69 Å². The molecule has 4 rings (SSSR count). The number of carbonyl (C=O) groups is 2. The van der Waals surface area contributed by atoms with E-state index in [1.807, 2.05) is 36.4 Å². The molecule has 1 saturated heterocycles. The van der Waals surface area contributed by atoms with E-state index in [4.69, 9.17) is 11.6 Å². The summed E-state index contributed by atoms with van der Waals surface area (Å²) in [4.78, 5) is 28.8. The highest BCUT2D eigenvalue weighted by molar-refractivity contribution is 6.30. The molecule has 1 fully saturated rings. The number of rotatable bonds is 3. The summed E-state index contributed by atoms with van der Waals surface area (Å²) in [6.07, 6.45) is 1.51. The summed E-state index contributed by atoms with van der Waals surface area (Å²) < 4.78 is 0. The number of hydrogen-bond donors (Lipinski definition) is 1. The molecule has 0 radical (unpaired) electrons. The lowest BCUT2D eigenvalue weighted by Gasteiger charge is -2.34. The normalized spacial score (nSPS) is 14.5. The van der Waals surface area contributed by atoms with Crippen molar-refractivity contribution in [3.63, 3.8) is 0 Å². The fourth-order valence-electron chi connectivity index (χ4n) is 3.21. The lowest BCUT2D eigenvalue weighted by Crippen LogP contribution is -2.52. The smallest absolute Gasteiger partial charge is 0.258 e. The molecule has 1 aliphatic heterocycles. The topological polar surface area (TPSA) is 69.3 Å². The van der Waals surface area contributed by atoms with E-state index < -0.39 is 0 Å². The highest BCUT2D eigenvalue weighted by Gasteiger charge is 2.30. The Balaban J connectivity index is 1.53. The number of aromatic amines is 1. The predicted molar refractivity (Wildman–Crippen MR) is 104 cm³/mol. The molecule has 0 spiro atoms. The molecular formula is C20H17ClN4O2. The first-order chi connectivity index (χ1) is 13.1. The van der Waals surface area contributed by atoms with Crippen LogP contribution in [0.15, 0.2) is 60.8 Å². The Kier molecular flexibility index (Phi) is 4.64. The molecule has 2 aromatic carbocycles. The molecule has 6 nitrogen and oxygen atoms in total. The Labute approximate surface area is 161 Å². The van der Waals surface area contributed by atoms with Crippen LogP contribution in [0.5, 0.6) is 0 Å². The van der Waals surface area contributed by atoms with Crippen LogP contribution in [0.2, 0.25) is 5.02 Å². The van der Waals surface area contributed by atoms with Crippen LogP contribution in [0.25, 0.3) is 11.3 Å². The molecule has 0 saturated carbocycles. The second-order valence-electron chi connectivity index (χ2n) is 6.28. The summed E-state index contributed by atoms with van der Waals surface area (Å²) in [5.74, 6) is -0.344. The Bertz CT molecular complexity index is 986. The van der Waals surface area contributed by atoms with E-state index in [1.54, 1.807) is 28.0 Å². The lowest BCUT2D eigenvalue weighted by molar-refractivity contribution is -0.120. The van der Waals surface area contributed by atoms with E-state index >= 15 is 0 Å². The standard InChI is InChI=1S/C20H17ClN4O2/c21-15-7-4-8-16(11-15)25-10-9-24(13-18(25)26)20(27)17-12-22-23-19(17)14-5-2-1-3-6-14/h1-8,11-12H,9-10,13H2,(H,22,23). The van der Waals surface area contributed by atoms with Crippen LogP contribution in [0.1, 0.15) is 10.4 Å². The van der Waals surface area contributed by atoms with E-state index in [0.29, 0.717) is 29.4 Å². The van der Waals surface area contributed by atoms with Gasteiger partial charge in [0.1, 0.15) is 6.54 Å². The van der Waals surface area contributed by atoms with Gasteiger partial charge in [-0.2, -0.15) is 5.10 Å². The molecule has 27 heavy (non-hydrogen) atoms. The molecule has 0 aliphatic carbocycles. The number of halogens is 1. The molecule has 1 N–H and O–H groups in total. The molecule has 2 heterocycles. The second-order valence-corrected chi connectivity index (χ2v) is 6.71. The lowest BCUT2D eigenvalue weighted by atomic mass is 10.1. The van der Waals surface area contributed by atoms with Gasteiger partial charge in [-0.3, -0.25) is 14.7 Å². The van der Waals surface area contributed by atoms with Gasteiger partial charge in [0.25, 0.3) is 5.91 Å². The third-order valence-corrected chi connectivity index (χ3v) is 4.80. The number of benzene rings is 2. The Morgan fingerprint density at radius 1 is 1.07 bits per heavy atom. The number of H-pyrrole nitrogens is 1. The van der Waals surface area contributed by atoms with E-state index in [-0.39, 0.29) is 18.4 Å². The van der Waals surface area contributed by atoms with Crippen LogP contribution in [-0.4, -0.2) is 46.5 Å². The quantitative estimate of drug-likeness (QED) is 0.758. The van der Waals surface area contributed by atoms with Crippen molar-refractivity contribution in [2.45, 2.75) is 0 Å². The van der Waals surface area contributed by atoms with Crippen molar-refractivity contribution < 1.29 is 9.59 Å². The Morgan fingerprint density at radius 3 is 2.63 bits per heavy atom. The molecule has 1 aliphatic rings. The van der Waals surface area contributed by atoms with Crippen LogP contribution in [0, 0.1) is 0 Å². The van der Waals surface area contributed by atoms with Gasteiger partial charge in [-0.25, -0.2) is 0 Å². The van der Waals surface area contributed by atoms with Gasteiger partial charge in [-0.1, -0.05) is 48.0 Å².